The lowest BCUT2D eigenvalue weighted by Gasteiger charge is -2.24. The van der Waals surface area contributed by atoms with Crippen LogP contribution < -0.4 is 10.6 Å². The van der Waals surface area contributed by atoms with Crippen LogP contribution in [-0.4, -0.2) is 46.3 Å². The van der Waals surface area contributed by atoms with Crippen LogP contribution in [0.15, 0.2) is 12.5 Å². The number of rotatable bonds is 7. The van der Waals surface area contributed by atoms with Gasteiger partial charge >= 0.3 is 12.1 Å². The number of imidazole rings is 1. The van der Waals surface area contributed by atoms with Gasteiger partial charge in [0.2, 0.25) is 5.91 Å². The van der Waals surface area contributed by atoms with Crippen molar-refractivity contribution >= 4 is 23.8 Å². The molecule has 1 atom stereocenters. The zero-order valence-electron chi connectivity index (χ0n) is 18.0. The zero-order valence-corrected chi connectivity index (χ0v) is 18.0. The number of esters is 1. The minimum atomic E-state index is -0.975. The summed E-state index contributed by atoms with van der Waals surface area (Å²) >= 11 is 0. The predicted molar refractivity (Wildman–Crippen MR) is 105 cm³/mol. The van der Waals surface area contributed by atoms with Gasteiger partial charge < -0.3 is 24.7 Å². The maximum atomic E-state index is 12.7. The van der Waals surface area contributed by atoms with Crippen LogP contribution in [-0.2, 0) is 24.6 Å². The van der Waals surface area contributed by atoms with Gasteiger partial charge in [0.1, 0.15) is 17.2 Å². The van der Waals surface area contributed by atoms with Crippen LogP contribution in [0, 0.1) is 5.92 Å². The molecule has 2 amide bonds. The van der Waals surface area contributed by atoms with E-state index in [1.165, 1.54) is 19.6 Å². The van der Waals surface area contributed by atoms with E-state index in [2.05, 4.69) is 15.6 Å². The highest BCUT2D eigenvalue weighted by Crippen LogP contribution is 2.19. The van der Waals surface area contributed by atoms with E-state index in [1.54, 1.807) is 39.2 Å². The van der Waals surface area contributed by atoms with Gasteiger partial charge in [-0.2, -0.15) is 0 Å². The van der Waals surface area contributed by atoms with E-state index >= 15 is 0 Å². The number of anilines is 1. The van der Waals surface area contributed by atoms with Gasteiger partial charge in [-0.3, -0.25) is 4.79 Å². The van der Waals surface area contributed by atoms with Crippen LogP contribution in [0.5, 0.6) is 0 Å². The Kier molecular flexibility index (Phi) is 7.60. The molecule has 0 spiro atoms. The van der Waals surface area contributed by atoms with Crippen molar-refractivity contribution in [1.29, 1.82) is 0 Å². The smallest absolute Gasteiger partial charge is 0.408 e. The van der Waals surface area contributed by atoms with E-state index < -0.39 is 35.2 Å². The van der Waals surface area contributed by atoms with Gasteiger partial charge in [0.15, 0.2) is 5.82 Å². The van der Waals surface area contributed by atoms with E-state index in [0.29, 0.717) is 6.42 Å². The Hall–Kier alpha value is -2.58. The van der Waals surface area contributed by atoms with Gasteiger partial charge in [-0.25, -0.2) is 14.6 Å². The summed E-state index contributed by atoms with van der Waals surface area (Å²) in [6.07, 6.45) is 2.74. The summed E-state index contributed by atoms with van der Waals surface area (Å²) in [4.78, 5) is 40.8. The Morgan fingerprint density at radius 2 is 1.79 bits per heavy atom. The number of hydrogen-bond donors (Lipinski definition) is 2. The zero-order chi connectivity index (χ0) is 21.7. The lowest BCUT2D eigenvalue weighted by atomic mass is 10.0. The van der Waals surface area contributed by atoms with Crippen molar-refractivity contribution in [1.82, 2.24) is 14.9 Å². The number of nitrogens with one attached hydrogen (secondary N) is 2. The monoisotopic (exact) mass is 396 g/mol. The second-order valence-electron chi connectivity index (χ2n) is 8.53. The largest absolute Gasteiger partial charge is 0.467 e. The fourth-order valence-electron chi connectivity index (χ4n) is 2.41. The summed E-state index contributed by atoms with van der Waals surface area (Å²) in [5, 5.41) is 5.28. The summed E-state index contributed by atoms with van der Waals surface area (Å²) < 4.78 is 11.6. The molecule has 0 unspecified atom stereocenters. The number of aromatic nitrogens is 2. The molecular formula is C19H32N4O5. The summed E-state index contributed by atoms with van der Waals surface area (Å²) in [5.41, 5.74) is -1.64. The predicted octanol–water partition coefficient (Wildman–Crippen LogP) is 2.67. The number of hydrogen-bond acceptors (Lipinski definition) is 6. The van der Waals surface area contributed by atoms with Crippen LogP contribution >= 0.6 is 0 Å². The second kappa shape index (κ2) is 9.07. The molecule has 0 aromatic carbocycles. The van der Waals surface area contributed by atoms with E-state index in [-0.39, 0.29) is 11.7 Å². The lowest BCUT2D eigenvalue weighted by Crippen LogP contribution is -2.46. The van der Waals surface area contributed by atoms with Gasteiger partial charge in [0.05, 0.1) is 13.4 Å². The second-order valence-corrected chi connectivity index (χ2v) is 8.53. The first-order valence-electron chi connectivity index (χ1n) is 9.19. The van der Waals surface area contributed by atoms with Gasteiger partial charge in [-0.15, -0.1) is 0 Å². The summed E-state index contributed by atoms with van der Waals surface area (Å²) in [6, 6.07) is -0.784. The fourth-order valence-corrected chi connectivity index (χ4v) is 2.41. The summed E-state index contributed by atoms with van der Waals surface area (Å²) in [5.74, 6) is -0.420. The van der Waals surface area contributed by atoms with Gasteiger partial charge in [-0.1, -0.05) is 13.8 Å². The number of methoxy groups -OCH3 is 1. The number of ether oxygens (including phenoxy) is 2. The molecule has 1 rings (SSSR count). The first kappa shape index (κ1) is 23.5. The van der Waals surface area contributed by atoms with Crippen LogP contribution in [0.2, 0.25) is 0 Å². The van der Waals surface area contributed by atoms with Crippen LogP contribution in [0.25, 0.3) is 0 Å². The molecule has 1 aromatic heterocycles. The molecule has 28 heavy (non-hydrogen) atoms. The minimum Gasteiger partial charge on any atom is -0.467 e. The molecular weight excluding hydrogens is 364 g/mol. The van der Waals surface area contributed by atoms with Gasteiger partial charge in [-0.05, 0) is 47.0 Å². The molecule has 0 aliphatic heterocycles. The molecule has 2 N–H and O–H groups in total. The van der Waals surface area contributed by atoms with Gasteiger partial charge in [0.25, 0.3) is 0 Å². The van der Waals surface area contributed by atoms with Crippen molar-refractivity contribution in [2.75, 3.05) is 12.4 Å². The molecule has 1 aromatic rings. The van der Waals surface area contributed by atoms with Crippen molar-refractivity contribution in [3.63, 3.8) is 0 Å². The number of nitrogens with zero attached hydrogens (tertiary/aromatic N) is 2. The average Bonchev–Trinajstić information content (AvgIpc) is 3.00. The molecule has 0 saturated carbocycles. The molecule has 0 aliphatic carbocycles. The Balaban J connectivity index is 2.88. The van der Waals surface area contributed by atoms with Crippen molar-refractivity contribution in [3.05, 3.63) is 12.5 Å². The number of amides is 2. The molecule has 0 fully saturated rings. The van der Waals surface area contributed by atoms with E-state index in [1.807, 2.05) is 13.8 Å². The van der Waals surface area contributed by atoms with Crippen LogP contribution in [0.3, 0.4) is 0 Å². The molecule has 1 heterocycles. The maximum Gasteiger partial charge on any atom is 0.408 e. The highest BCUT2D eigenvalue weighted by atomic mass is 16.6. The molecule has 0 saturated heterocycles. The van der Waals surface area contributed by atoms with Crippen molar-refractivity contribution in [3.8, 4) is 0 Å². The minimum absolute atomic E-state index is 0.168. The third-order valence-electron chi connectivity index (χ3n) is 3.88. The van der Waals surface area contributed by atoms with E-state index in [4.69, 9.17) is 9.47 Å². The topological polar surface area (TPSA) is 112 Å². The summed E-state index contributed by atoms with van der Waals surface area (Å²) in [6.45, 7) is 12.5. The highest BCUT2D eigenvalue weighted by Gasteiger charge is 2.31. The van der Waals surface area contributed by atoms with E-state index in [9.17, 15) is 14.4 Å². The molecule has 9 nitrogen and oxygen atoms in total. The Morgan fingerprint density at radius 3 is 2.29 bits per heavy atom. The molecule has 0 aliphatic rings. The standard InChI is InChI=1S/C19H32N4O5/c1-12(2)9-13(21-17(26)28-18(3,4)5)15(24)22-14-10-23(11-20-14)19(6,7)16(25)27-8/h10-13H,9H2,1-8H3,(H,21,26)(H,22,24)/t13-/m1/s1. The van der Waals surface area contributed by atoms with Crippen molar-refractivity contribution in [2.24, 2.45) is 5.92 Å². The van der Waals surface area contributed by atoms with Gasteiger partial charge in [0, 0.05) is 6.20 Å². The SMILES string of the molecule is COC(=O)C(C)(C)n1cnc(NC(=O)[C@@H](CC(C)C)NC(=O)OC(C)(C)C)c1. The first-order chi connectivity index (χ1) is 12.8. The lowest BCUT2D eigenvalue weighted by molar-refractivity contribution is -0.149. The molecule has 158 valence electrons. The van der Waals surface area contributed by atoms with Crippen molar-refractivity contribution < 1.29 is 23.9 Å². The number of alkyl carbamates (subject to hydrolysis) is 1. The molecule has 9 heteroatoms. The average molecular weight is 396 g/mol. The number of carbonyl (C=O) groups excluding carboxylic acids is 3. The summed E-state index contributed by atoms with van der Waals surface area (Å²) in [7, 11) is 1.31. The fraction of sp³-hybridized carbons (Fsp3) is 0.684. The maximum absolute atomic E-state index is 12.7. The molecule has 0 radical (unpaired) electrons. The van der Waals surface area contributed by atoms with Crippen molar-refractivity contribution in [2.45, 2.75) is 72.1 Å². The first-order valence-corrected chi connectivity index (χ1v) is 9.19. The Bertz CT molecular complexity index is 703. The Labute approximate surface area is 166 Å². The highest BCUT2D eigenvalue weighted by molar-refractivity contribution is 5.95. The van der Waals surface area contributed by atoms with Crippen LogP contribution in [0.4, 0.5) is 10.6 Å². The van der Waals surface area contributed by atoms with E-state index in [0.717, 1.165) is 0 Å². The Morgan fingerprint density at radius 1 is 1.18 bits per heavy atom. The quantitative estimate of drug-likeness (QED) is 0.686. The normalized spacial score (nSPS) is 13.0. The van der Waals surface area contributed by atoms with Crippen LogP contribution in [0.1, 0.15) is 54.9 Å². The third-order valence-corrected chi connectivity index (χ3v) is 3.88. The molecule has 0 bridgehead atoms. The number of carbonyl (C=O) groups is 3. The third kappa shape index (κ3) is 6.86.